The summed E-state index contributed by atoms with van der Waals surface area (Å²) in [6.07, 6.45) is 1.42. The number of urea groups is 1. The van der Waals surface area contributed by atoms with E-state index < -0.39 is 17.8 Å². The molecule has 0 unspecified atom stereocenters. The van der Waals surface area contributed by atoms with E-state index in [9.17, 15) is 14.4 Å². The van der Waals surface area contributed by atoms with Crippen LogP contribution in [0, 0.1) is 20.8 Å². The van der Waals surface area contributed by atoms with E-state index in [0.717, 1.165) is 21.8 Å². The van der Waals surface area contributed by atoms with Gasteiger partial charge in [0.25, 0.3) is 11.8 Å². The third-order valence-corrected chi connectivity index (χ3v) is 6.67. The summed E-state index contributed by atoms with van der Waals surface area (Å²) in [5, 5.41) is 2.25. The lowest BCUT2D eigenvalue weighted by Gasteiger charge is -2.26. The molecule has 0 aromatic heterocycles. The van der Waals surface area contributed by atoms with Gasteiger partial charge in [0, 0.05) is 0 Å². The summed E-state index contributed by atoms with van der Waals surface area (Å²) < 4.78 is 18.1. The van der Waals surface area contributed by atoms with Gasteiger partial charge in [-0.05, 0) is 108 Å². The van der Waals surface area contributed by atoms with Crippen molar-refractivity contribution in [1.29, 1.82) is 0 Å². The first-order chi connectivity index (χ1) is 18.7. The van der Waals surface area contributed by atoms with Crippen LogP contribution in [-0.2, 0) is 9.59 Å². The second-order valence-corrected chi connectivity index (χ2v) is 9.86. The maximum absolute atomic E-state index is 13.3. The number of nitrogens with zero attached hydrogens (tertiary/aromatic N) is 1. The molecular formula is C30H29BrN2O6. The first-order valence-corrected chi connectivity index (χ1v) is 13.2. The van der Waals surface area contributed by atoms with Crippen LogP contribution in [-0.4, -0.2) is 37.7 Å². The smallest absolute Gasteiger partial charge is 0.335 e. The Hall–Kier alpha value is -4.11. The molecule has 1 heterocycles. The normalized spacial score (nSPS) is 14.4. The molecule has 4 rings (SSSR count). The van der Waals surface area contributed by atoms with Crippen molar-refractivity contribution in [2.24, 2.45) is 0 Å². The van der Waals surface area contributed by atoms with Crippen molar-refractivity contribution in [1.82, 2.24) is 5.32 Å². The predicted molar refractivity (Wildman–Crippen MR) is 152 cm³/mol. The number of hydrogen-bond acceptors (Lipinski definition) is 6. The average Bonchev–Trinajstić information content (AvgIpc) is 2.88. The van der Waals surface area contributed by atoms with Gasteiger partial charge in [-0.15, -0.1) is 0 Å². The largest absolute Gasteiger partial charge is 0.490 e. The first kappa shape index (κ1) is 27.9. The molecule has 9 heteroatoms. The van der Waals surface area contributed by atoms with Crippen LogP contribution >= 0.6 is 15.9 Å². The number of imide groups is 2. The van der Waals surface area contributed by atoms with Crippen LogP contribution in [0.5, 0.6) is 17.2 Å². The summed E-state index contributed by atoms with van der Waals surface area (Å²) >= 11 is 3.52. The standard InChI is InChI=1S/C30H29BrN2O6/c1-5-37-26-17-21(16-25(31)27(26)39-12-11-38-23-10-9-19(3)20(4)14-23)15-24-28(34)32-30(36)33(29(24)35)22-8-6-7-18(2)13-22/h6-10,13-17H,5,11-12H2,1-4H3,(H,32,34,36)/b24-15-. The highest BCUT2D eigenvalue weighted by Gasteiger charge is 2.37. The van der Waals surface area contributed by atoms with E-state index in [2.05, 4.69) is 21.2 Å². The van der Waals surface area contributed by atoms with Crippen LogP contribution in [0.3, 0.4) is 0 Å². The van der Waals surface area contributed by atoms with Crippen LogP contribution in [0.25, 0.3) is 6.08 Å². The number of anilines is 1. The monoisotopic (exact) mass is 592 g/mol. The highest BCUT2D eigenvalue weighted by atomic mass is 79.9. The second kappa shape index (κ2) is 12.2. The molecule has 4 amide bonds. The van der Waals surface area contributed by atoms with E-state index in [1.54, 1.807) is 30.3 Å². The molecular weight excluding hydrogens is 564 g/mol. The summed E-state index contributed by atoms with van der Waals surface area (Å²) in [6, 6.07) is 15.4. The zero-order valence-electron chi connectivity index (χ0n) is 22.2. The highest BCUT2D eigenvalue weighted by Crippen LogP contribution is 2.38. The number of amides is 4. The lowest BCUT2D eigenvalue weighted by Crippen LogP contribution is -2.54. The Morgan fingerprint density at radius 2 is 1.67 bits per heavy atom. The highest BCUT2D eigenvalue weighted by molar-refractivity contribution is 9.10. The molecule has 0 radical (unpaired) electrons. The molecule has 0 spiro atoms. The third-order valence-electron chi connectivity index (χ3n) is 6.08. The SMILES string of the molecule is CCOc1cc(/C=C2/C(=O)NC(=O)N(c3cccc(C)c3)C2=O)cc(Br)c1OCCOc1ccc(C)c(C)c1. The molecule has 202 valence electrons. The molecule has 1 saturated heterocycles. The molecule has 1 aliphatic heterocycles. The summed E-state index contributed by atoms with van der Waals surface area (Å²) in [5.74, 6) is 0.180. The number of nitrogens with one attached hydrogen (secondary N) is 1. The van der Waals surface area contributed by atoms with Gasteiger partial charge >= 0.3 is 6.03 Å². The van der Waals surface area contributed by atoms with Crippen molar-refractivity contribution in [3.63, 3.8) is 0 Å². The Balaban J connectivity index is 1.54. The maximum Gasteiger partial charge on any atom is 0.335 e. The third kappa shape index (κ3) is 6.49. The van der Waals surface area contributed by atoms with Gasteiger partial charge in [-0.1, -0.05) is 18.2 Å². The molecule has 39 heavy (non-hydrogen) atoms. The molecule has 1 fully saturated rings. The molecule has 3 aromatic rings. The zero-order valence-corrected chi connectivity index (χ0v) is 23.8. The van der Waals surface area contributed by atoms with Gasteiger partial charge in [0.05, 0.1) is 16.8 Å². The van der Waals surface area contributed by atoms with Gasteiger partial charge in [0.15, 0.2) is 11.5 Å². The van der Waals surface area contributed by atoms with Crippen molar-refractivity contribution in [3.05, 3.63) is 86.9 Å². The number of carbonyl (C=O) groups is 3. The topological polar surface area (TPSA) is 94.2 Å². The minimum absolute atomic E-state index is 0.180. The zero-order chi connectivity index (χ0) is 28.1. The van der Waals surface area contributed by atoms with Gasteiger partial charge in [-0.2, -0.15) is 0 Å². The summed E-state index contributed by atoms with van der Waals surface area (Å²) in [7, 11) is 0. The van der Waals surface area contributed by atoms with Gasteiger partial charge in [0.1, 0.15) is 24.5 Å². The molecule has 1 N–H and O–H groups in total. The van der Waals surface area contributed by atoms with E-state index in [1.165, 1.54) is 11.6 Å². The number of ether oxygens (including phenoxy) is 3. The molecule has 8 nitrogen and oxygen atoms in total. The molecule has 0 aliphatic carbocycles. The fourth-order valence-corrected chi connectivity index (χ4v) is 4.58. The van der Waals surface area contributed by atoms with Crippen molar-refractivity contribution < 1.29 is 28.6 Å². The van der Waals surface area contributed by atoms with Gasteiger partial charge < -0.3 is 14.2 Å². The lowest BCUT2D eigenvalue weighted by molar-refractivity contribution is -0.122. The molecule has 0 saturated carbocycles. The molecule has 3 aromatic carbocycles. The van der Waals surface area contributed by atoms with Gasteiger partial charge in [-0.3, -0.25) is 14.9 Å². The van der Waals surface area contributed by atoms with E-state index in [4.69, 9.17) is 14.2 Å². The van der Waals surface area contributed by atoms with E-state index in [-0.39, 0.29) is 12.2 Å². The number of benzene rings is 3. The van der Waals surface area contributed by atoms with E-state index in [0.29, 0.717) is 40.4 Å². The molecule has 0 atom stereocenters. The Morgan fingerprint density at radius 3 is 2.38 bits per heavy atom. The van der Waals surface area contributed by atoms with Crippen molar-refractivity contribution in [3.8, 4) is 17.2 Å². The Labute approximate surface area is 235 Å². The van der Waals surface area contributed by atoms with Crippen molar-refractivity contribution in [2.45, 2.75) is 27.7 Å². The number of halogens is 1. The van der Waals surface area contributed by atoms with Crippen LogP contribution in [0.1, 0.15) is 29.2 Å². The minimum Gasteiger partial charge on any atom is -0.490 e. The first-order valence-electron chi connectivity index (χ1n) is 12.4. The fraction of sp³-hybridized carbons (Fsp3) is 0.233. The van der Waals surface area contributed by atoms with E-state index in [1.807, 2.05) is 52.0 Å². The Morgan fingerprint density at radius 1 is 0.897 bits per heavy atom. The van der Waals surface area contributed by atoms with Crippen LogP contribution in [0.2, 0.25) is 0 Å². The van der Waals surface area contributed by atoms with Crippen molar-refractivity contribution in [2.75, 3.05) is 24.7 Å². The fourth-order valence-electron chi connectivity index (χ4n) is 4.01. The number of hydrogen-bond donors (Lipinski definition) is 1. The molecule has 0 bridgehead atoms. The van der Waals surface area contributed by atoms with Gasteiger partial charge in [0.2, 0.25) is 0 Å². The van der Waals surface area contributed by atoms with Crippen LogP contribution < -0.4 is 24.4 Å². The number of aryl methyl sites for hydroxylation is 3. The summed E-state index contributed by atoms with van der Waals surface area (Å²) in [5.41, 5.74) is 3.92. The summed E-state index contributed by atoms with van der Waals surface area (Å²) in [4.78, 5) is 39.3. The quantitative estimate of drug-likeness (QED) is 0.189. The van der Waals surface area contributed by atoms with Crippen LogP contribution in [0.15, 0.2) is 64.6 Å². The average molecular weight is 593 g/mol. The predicted octanol–water partition coefficient (Wildman–Crippen LogP) is 5.90. The number of barbiturate groups is 1. The number of carbonyl (C=O) groups excluding carboxylic acids is 3. The molecule has 1 aliphatic rings. The number of rotatable bonds is 9. The van der Waals surface area contributed by atoms with Crippen molar-refractivity contribution >= 4 is 45.5 Å². The Bertz CT molecular complexity index is 1470. The second-order valence-electron chi connectivity index (χ2n) is 9.00. The van der Waals surface area contributed by atoms with Gasteiger partial charge in [-0.25, -0.2) is 9.69 Å². The summed E-state index contributed by atoms with van der Waals surface area (Å²) in [6.45, 7) is 8.73. The lowest BCUT2D eigenvalue weighted by atomic mass is 10.1. The van der Waals surface area contributed by atoms with E-state index >= 15 is 0 Å². The Kier molecular flexibility index (Phi) is 8.71. The minimum atomic E-state index is -0.796. The maximum atomic E-state index is 13.3. The van der Waals surface area contributed by atoms with Crippen LogP contribution in [0.4, 0.5) is 10.5 Å².